The Balaban J connectivity index is 1.51. The normalized spacial score (nSPS) is 21.3. The van der Waals surface area contributed by atoms with Crippen molar-refractivity contribution in [2.24, 2.45) is 5.41 Å². The molecule has 1 aliphatic rings. The van der Waals surface area contributed by atoms with Gasteiger partial charge in [0.05, 0.1) is 12.7 Å². The van der Waals surface area contributed by atoms with Gasteiger partial charge in [-0.25, -0.2) is 9.48 Å². The molecule has 0 amide bonds. The maximum absolute atomic E-state index is 11.0. The zero-order valence-electron chi connectivity index (χ0n) is 16.7. The lowest BCUT2D eigenvalue weighted by molar-refractivity contribution is 0.257. The van der Waals surface area contributed by atoms with Gasteiger partial charge in [-0.05, 0) is 30.5 Å². The van der Waals surface area contributed by atoms with E-state index in [-0.39, 0.29) is 11.5 Å². The molecule has 2 unspecified atom stereocenters. The third kappa shape index (κ3) is 4.47. The first kappa shape index (κ1) is 19.2. The van der Waals surface area contributed by atoms with Crippen LogP contribution in [0.15, 0.2) is 66.9 Å². The van der Waals surface area contributed by atoms with Crippen molar-refractivity contribution in [2.75, 3.05) is 5.32 Å². The van der Waals surface area contributed by atoms with Crippen LogP contribution >= 0.6 is 0 Å². The number of nitrogens with one attached hydrogen (secondary N) is 1. The molecule has 1 fully saturated rings. The van der Waals surface area contributed by atoms with Crippen LogP contribution in [0.1, 0.15) is 38.2 Å². The van der Waals surface area contributed by atoms with E-state index >= 15 is 0 Å². The zero-order chi connectivity index (χ0) is 20.1. The molecule has 0 saturated heterocycles. The molecule has 1 N–H and O–H groups in total. The molecule has 29 heavy (non-hydrogen) atoms. The lowest BCUT2D eigenvalue weighted by Crippen LogP contribution is -2.39. The van der Waals surface area contributed by atoms with Crippen LogP contribution in [0, 0.1) is 5.41 Å². The number of benzene rings is 2. The number of nitrogens with zero attached hydrogens (tertiary/aromatic N) is 3. The number of hydrogen-bond donors (Lipinski definition) is 1. The summed E-state index contributed by atoms with van der Waals surface area (Å²) in [7, 11) is 0. The Bertz CT molecular complexity index is 1010. The van der Waals surface area contributed by atoms with Crippen molar-refractivity contribution in [3.05, 3.63) is 72.4 Å². The van der Waals surface area contributed by atoms with Crippen molar-refractivity contribution in [3.63, 3.8) is 0 Å². The molecule has 5 nitrogen and oxygen atoms in total. The van der Waals surface area contributed by atoms with Crippen molar-refractivity contribution >= 4 is 11.6 Å². The molecule has 0 spiro atoms. The summed E-state index contributed by atoms with van der Waals surface area (Å²) in [6.07, 6.45) is 8.05. The van der Waals surface area contributed by atoms with Gasteiger partial charge in [0.15, 0.2) is 0 Å². The Kier molecular flexibility index (Phi) is 5.59. The van der Waals surface area contributed by atoms with Crippen LogP contribution in [0.4, 0.5) is 5.69 Å². The lowest BCUT2D eigenvalue weighted by atomic mass is 9.71. The molecule has 1 aliphatic carbocycles. The van der Waals surface area contributed by atoms with E-state index in [9.17, 15) is 4.79 Å². The van der Waals surface area contributed by atoms with Crippen LogP contribution in [0.2, 0.25) is 0 Å². The van der Waals surface area contributed by atoms with E-state index in [2.05, 4.69) is 46.8 Å². The summed E-state index contributed by atoms with van der Waals surface area (Å²) >= 11 is 0. The number of anilines is 1. The molecule has 148 valence electrons. The first-order valence-corrected chi connectivity index (χ1v) is 10.2. The molecule has 3 aromatic rings. The molecule has 0 bridgehead atoms. The molecule has 0 radical (unpaired) electrons. The third-order valence-electron chi connectivity index (χ3n) is 5.87. The fourth-order valence-electron chi connectivity index (χ4n) is 4.15. The van der Waals surface area contributed by atoms with Crippen molar-refractivity contribution in [3.8, 4) is 11.3 Å². The summed E-state index contributed by atoms with van der Waals surface area (Å²) in [6.45, 7) is 2.85. The molecule has 1 heterocycles. The number of rotatable bonds is 6. The Labute approximate surface area is 171 Å². The van der Waals surface area contributed by atoms with Gasteiger partial charge >= 0.3 is 0 Å². The van der Waals surface area contributed by atoms with Crippen LogP contribution < -0.4 is 5.32 Å². The van der Waals surface area contributed by atoms with E-state index in [1.807, 2.05) is 47.2 Å². The summed E-state index contributed by atoms with van der Waals surface area (Å²) in [5.74, 6) is 2.02. The SMILES string of the molecule is CC1(C=C=O)CCCCC1Nc1cccc(-c2cn(Cc3ccccc3)nn2)c1. The molecule has 0 aliphatic heterocycles. The second kappa shape index (κ2) is 8.46. The van der Waals surface area contributed by atoms with Crippen LogP contribution in [0.25, 0.3) is 11.3 Å². The number of aromatic nitrogens is 3. The maximum atomic E-state index is 11.0. The van der Waals surface area contributed by atoms with E-state index in [0.717, 1.165) is 36.2 Å². The van der Waals surface area contributed by atoms with Crippen molar-refractivity contribution in [1.29, 1.82) is 0 Å². The van der Waals surface area contributed by atoms with Crippen LogP contribution in [-0.2, 0) is 11.3 Å². The predicted octanol–water partition coefficient (Wildman–Crippen LogP) is 4.74. The average molecular weight is 386 g/mol. The summed E-state index contributed by atoms with van der Waals surface area (Å²) < 4.78 is 1.86. The fourth-order valence-corrected chi connectivity index (χ4v) is 4.15. The van der Waals surface area contributed by atoms with E-state index in [1.54, 1.807) is 6.08 Å². The van der Waals surface area contributed by atoms with Gasteiger partial charge in [-0.15, -0.1) is 5.10 Å². The Morgan fingerprint density at radius 1 is 1.21 bits per heavy atom. The molecule has 1 saturated carbocycles. The standard InChI is InChI=1S/C24H26N4O/c1-24(14-15-29)13-6-5-12-23(24)25-21-11-7-10-20(16-21)22-18-28(27-26-22)17-19-8-3-2-4-9-19/h2-4,7-11,14,16,18,23,25H,5-6,12-13,17H2,1H3. The fraction of sp³-hybridized carbons (Fsp3) is 0.333. The smallest absolute Gasteiger partial charge is 0.120 e. The van der Waals surface area contributed by atoms with Gasteiger partial charge < -0.3 is 5.32 Å². The molecule has 2 atom stereocenters. The van der Waals surface area contributed by atoms with Gasteiger partial charge in [0.2, 0.25) is 0 Å². The first-order valence-electron chi connectivity index (χ1n) is 10.2. The third-order valence-corrected chi connectivity index (χ3v) is 5.87. The molecule has 4 rings (SSSR count). The van der Waals surface area contributed by atoms with Crippen molar-refractivity contribution < 1.29 is 4.79 Å². The highest BCUT2D eigenvalue weighted by molar-refractivity contribution is 5.64. The van der Waals surface area contributed by atoms with Gasteiger partial charge in [-0.2, -0.15) is 0 Å². The second-order valence-electron chi connectivity index (χ2n) is 8.08. The van der Waals surface area contributed by atoms with E-state index in [1.165, 1.54) is 12.0 Å². The topological polar surface area (TPSA) is 59.8 Å². The molecular weight excluding hydrogens is 360 g/mol. The van der Waals surface area contributed by atoms with Crippen molar-refractivity contribution in [1.82, 2.24) is 15.0 Å². The summed E-state index contributed by atoms with van der Waals surface area (Å²) in [5.41, 5.74) is 3.95. The Morgan fingerprint density at radius 2 is 2.07 bits per heavy atom. The van der Waals surface area contributed by atoms with Crippen molar-refractivity contribution in [2.45, 2.75) is 45.2 Å². The van der Waals surface area contributed by atoms with E-state index in [4.69, 9.17) is 0 Å². The summed E-state index contributed by atoms with van der Waals surface area (Å²) in [4.78, 5) is 11.0. The average Bonchev–Trinajstić information content (AvgIpc) is 3.20. The molecular formula is C24H26N4O. The van der Waals surface area contributed by atoms with E-state index < -0.39 is 0 Å². The number of hydrogen-bond acceptors (Lipinski definition) is 4. The minimum absolute atomic E-state index is 0.158. The summed E-state index contributed by atoms with van der Waals surface area (Å²) in [5, 5.41) is 12.3. The molecule has 1 aromatic heterocycles. The zero-order valence-corrected chi connectivity index (χ0v) is 16.7. The number of carbonyl (C=O) groups excluding carboxylic acids is 1. The van der Waals surface area contributed by atoms with Gasteiger partial charge in [-0.3, -0.25) is 0 Å². The first-order chi connectivity index (χ1) is 14.2. The monoisotopic (exact) mass is 386 g/mol. The van der Waals surface area contributed by atoms with Gasteiger partial charge in [-0.1, -0.05) is 67.4 Å². The summed E-state index contributed by atoms with van der Waals surface area (Å²) in [6, 6.07) is 18.7. The quantitative estimate of drug-likeness (QED) is 0.622. The predicted molar refractivity (Wildman–Crippen MR) is 115 cm³/mol. The van der Waals surface area contributed by atoms with Crippen LogP contribution in [0.3, 0.4) is 0 Å². The minimum Gasteiger partial charge on any atom is -0.381 e. The lowest BCUT2D eigenvalue weighted by Gasteiger charge is -2.39. The molecule has 2 aromatic carbocycles. The minimum atomic E-state index is -0.158. The van der Waals surface area contributed by atoms with Gasteiger partial charge in [0, 0.05) is 28.8 Å². The highest BCUT2D eigenvalue weighted by atomic mass is 16.1. The Hall–Kier alpha value is -3.17. The highest BCUT2D eigenvalue weighted by Crippen LogP contribution is 2.38. The van der Waals surface area contributed by atoms with E-state index in [0.29, 0.717) is 6.54 Å². The van der Waals surface area contributed by atoms with Gasteiger partial charge in [0.25, 0.3) is 0 Å². The largest absolute Gasteiger partial charge is 0.381 e. The maximum Gasteiger partial charge on any atom is 0.120 e. The highest BCUT2D eigenvalue weighted by Gasteiger charge is 2.35. The van der Waals surface area contributed by atoms with Crippen LogP contribution in [0.5, 0.6) is 0 Å². The molecule has 5 heteroatoms. The van der Waals surface area contributed by atoms with Crippen LogP contribution in [-0.4, -0.2) is 27.0 Å². The Morgan fingerprint density at radius 3 is 2.90 bits per heavy atom. The van der Waals surface area contributed by atoms with Gasteiger partial charge in [0.1, 0.15) is 11.6 Å². The second-order valence-corrected chi connectivity index (χ2v) is 8.08.